The standard InChI is InChI=1S/C22H30N6O/c1-15(2)18-13-26-28-21(25-11-16-6-4-3-5-7-16)10-20(27-22(18)28)24-12-17-8-9-23-14-19(17)29/h3-7,10,13,15,17,19,23,25,29H,8-9,11-12,14H2,1-2H3,(H,24,27)/t17?,19-/m0/s1. The quantitative estimate of drug-likeness (QED) is 0.493. The van der Waals surface area contributed by atoms with E-state index in [0.29, 0.717) is 25.6 Å². The van der Waals surface area contributed by atoms with Crippen molar-refractivity contribution in [2.24, 2.45) is 5.92 Å². The largest absolute Gasteiger partial charge is 0.391 e. The van der Waals surface area contributed by atoms with Gasteiger partial charge in [-0.05, 0) is 24.4 Å². The molecule has 0 aliphatic carbocycles. The van der Waals surface area contributed by atoms with Crippen molar-refractivity contribution in [1.82, 2.24) is 19.9 Å². The zero-order chi connectivity index (χ0) is 20.2. The molecule has 0 saturated carbocycles. The Morgan fingerprint density at radius 3 is 2.83 bits per heavy atom. The lowest BCUT2D eigenvalue weighted by Gasteiger charge is -2.28. The Balaban J connectivity index is 1.58. The van der Waals surface area contributed by atoms with E-state index < -0.39 is 0 Å². The minimum atomic E-state index is -0.322. The highest BCUT2D eigenvalue weighted by molar-refractivity contribution is 5.61. The van der Waals surface area contributed by atoms with Gasteiger partial charge in [0.2, 0.25) is 0 Å². The van der Waals surface area contributed by atoms with E-state index >= 15 is 0 Å². The zero-order valence-electron chi connectivity index (χ0n) is 17.1. The molecule has 1 aliphatic heterocycles. The number of hydrogen-bond donors (Lipinski definition) is 4. The molecule has 1 saturated heterocycles. The Morgan fingerprint density at radius 2 is 2.07 bits per heavy atom. The zero-order valence-corrected chi connectivity index (χ0v) is 17.1. The van der Waals surface area contributed by atoms with Crippen LogP contribution >= 0.6 is 0 Å². The van der Waals surface area contributed by atoms with Crippen molar-refractivity contribution in [2.75, 3.05) is 30.3 Å². The smallest absolute Gasteiger partial charge is 0.163 e. The molecule has 7 heteroatoms. The fourth-order valence-electron chi connectivity index (χ4n) is 3.76. The molecular formula is C22H30N6O. The summed E-state index contributed by atoms with van der Waals surface area (Å²) in [6.45, 7) is 7.32. The Morgan fingerprint density at radius 1 is 1.24 bits per heavy atom. The summed E-state index contributed by atoms with van der Waals surface area (Å²) < 4.78 is 1.88. The van der Waals surface area contributed by atoms with E-state index in [1.807, 2.05) is 35.0 Å². The van der Waals surface area contributed by atoms with Gasteiger partial charge in [0.15, 0.2) is 5.65 Å². The first-order valence-electron chi connectivity index (χ1n) is 10.4. The summed E-state index contributed by atoms with van der Waals surface area (Å²) in [4.78, 5) is 4.83. The first-order valence-corrected chi connectivity index (χ1v) is 10.4. The summed E-state index contributed by atoms with van der Waals surface area (Å²) >= 11 is 0. The maximum absolute atomic E-state index is 10.2. The topological polar surface area (TPSA) is 86.5 Å². The van der Waals surface area contributed by atoms with Gasteiger partial charge in [0.1, 0.15) is 11.6 Å². The summed E-state index contributed by atoms with van der Waals surface area (Å²) in [7, 11) is 0. The van der Waals surface area contributed by atoms with Gasteiger partial charge in [0, 0.05) is 37.2 Å². The van der Waals surface area contributed by atoms with Crippen LogP contribution in [0.2, 0.25) is 0 Å². The van der Waals surface area contributed by atoms with Crippen LogP contribution in [0.25, 0.3) is 5.65 Å². The van der Waals surface area contributed by atoms with E-state index in [0.717, 1.165) is 35.8 Å². The molecule has 1 unspecified atom stereocenters. The molecule has 1 fully saturated rings. The Bertz CT molecular complexity index is 939. The molecule has 3 aromatic rings. The van der Waals surface area contributed by atoms with Gasteiger partial charge in [-0.15, -0.1) is 0 Å². The molecule has 7 nitrogen and oxygen atoms in total. The van der Waals surface area contributed by atoms with Gasteiger partial charge >= 0.3 is 0 Å². The van der Waals surface area contributed by atoms with E-state index in [2.05, 4.69) is 47.0 Å². The number of hydrogen-bond acceptors (Lipinski definition) is 6. The van der Waals surface area contributed by atoms with Crippen LogP contribution in [0, 0.1) is 5.92 Å². The van der Waals surface area contributed by atoms with Gasteiger partial charge in [-0.25, -0.2) is 4.98 Å². The van der Waals surface area contributed by atoms with Crippen molar-refractivity contribution >= 4 is 17.3 Å². The van der Waals surface area contributed by atoms with Gasteiger partial charge in [-0.2, -0.15) is 9.61 Å². The monoisotopic (exact) mass is 394 g/mol. The average Bonchev–Trinajstić information content (AvgIpc) is 3.16. The van der Waals surface area contributed by atoms with Gasteiger partial charge < -0.3 is 21.1 Å². The predicted molar refractivity (Wildman–Crippen MR) is 116 cm³/mol. The lowest BCUT2D eigenvalue weighted by molar-refractivity contribution is 0.0883. The molecule has 2 atom stereocenters. The van der Waals surface area contributed by atoms with Crippen molar-refractivity contribution in [2.45, 2.75) is 38.8 Å². The number of aliphatic hydroxyl groups excluding tert-OH is 1. The first kappa shape index (κ1) is 19.7. The molecule has 154 valence electrons. The van der Waals surface area contributed by atoms with Crippen LogP contribution in [-0.2, 0) is 6.54 Å². The molecule has 2 aromatic heterocycles. The second-order valence-electron chi connectivity index (χ2n) is 8.06. The van der Waals surface area contributed by atoms with Crippen LogP contribution in [-0.4, -0.2) is 45.4 Å². The van der Waals surface area contributed by atoms with Crippen LogP contribution in [0.5, 0.6) is 0 Å². The SMILES string of the molecule is CC(C)c1cnn2c(NCc3ccccc3)cc(NCC3CCNC[C@@H]3O)nc12. The number of β-amino-alcohol motifs (C(OH)–C–C–N with tert-alkyl or cyclic N) is 1. The first-order chi connectivity index (χ1) is 14.1. The molecule has 1 aromatic carbocycles. The molecule has 4 N–H and O–H groups in total. The second-order valence-corrected chi connectivity index (χ2v) is 8.06. The highest BCUT2D eigenvalue weighted by Gasteiger charge is 2.23. The predicted octanol–water partition coefficient (Wildman–Crippen LogP) is 2.85. The number of piperidine rings is 1. The summed E-state index contributed by atoms with van der Waals surface area (Å²) in [6.07, 6.45) is 2.54. The third-order valence-electron chi connectivity index (χ3n) is 5.57. The number of rotatable bonds is 7. The number of aliphatic hydroxyl groups is 1. The molecule has 0 radical (unpaired) electrons. The third-order valence-corrected chi connectivity index (χ3v) is 5.57. The molecule has 29 heavy (non-hydrogen) atoms. The number of nitrogens with one attached hydrogen (secondary N) is 3. The van der Waals surface area contributed by atoms with E-state index in [-0.39, 0.29) is 12.0 Å². The third kappa shape index (κ3) is 4.52. The van der Waals surface area contributed by atoms with Gasteiger partial charge in [-0.3, -0.25) is 0 Å². The number of benzene rings is 1. The van der Waals surface area contributed by atoms with Gasteiger partial charge in [0.05, 0.1) is 12.3 Å². The van der Waals surface area contributed by atoms with Crippen molar-refractivity contribution in [1.29, 1.82) is 0 Å². The number of fused-ring (bicyclic) bond motifs is 1. The summed E-state index contributed by atoms with van der Waals surface area (Å²) in [5, 5.41) is 25.0. The molecule has 0 spiro atoms. The van der Waals surface area contributed by atoms with Crippen molar-refractivity contribution in [3.05, 3.63) is 53.7 Å². The number of anilines is 2. The van der Waals surface area contributed by atoms with Crippen LogP contribution in [0.4, 0.5) is 11.6 Å². The fourth-order valence-corrected chi connectivity index (χ4v) is 3.76. The van der Waals surface area contributed by atoms with Crippen LogP contribution in [0.1, 0.15) is 37.3 Å². The minimum Gasteiger partial charge on any atom is -0.391 e. The Labute approximate surface area is 171 Å². The van der Waals surface area contributed by atoms with E-state index in [1.54, 1.807) is 0 Å². The van der Waals surface area contributed by atoms with Gasteiger partial charge in [0.25, 0.3) is 0 Å². The van der Waals surface area contributed by atoms with Gasteiger partial charge in [-0.1, -0.05) is 44.2 Å². The molecule has 0 amide bonds. The highest BCUT2D eigenvalue weighted by Crippen LogP contribution is 2.25. The van der Waals surface area contributed by atoms with Crippen LogP contribution in [0.15, 0.2) is 42.6 Å². The lowest BCUT2D eigenvalue weighted by Crippen LogP contribution is -2.43. The number of aromatic nitrogens is 3. The molecule has 4 rings (SSSR count). The Hall–Kier alpha value is -2.64. The van der Waals surface area contributed by atoms with Crippen molar-refractivity contribution in [3.8, 4) is 0 Å². The summed E-state index contributed by atoms with van der Waals surface area (Å²) in [6, 6.07) is 12.3. The Kier molecular flexibility index (Phi) is 5.97. The summed E-state index contributed by atoms with van der Waals surface area (Å²) in [5.74, 6) is 2.27. The summed E-state index contributed by atoms with van der Waals surface area (Å²) in [5.41, 5.74) is 3.20. The lowest BCUT2D eigenvalue weighted by atomic mass is 9.95. The van der Waals surface area contributed by atoms with Crippen LogP contribution in [0.3, 0.4) is 0 Å². The van der Waals surface area contributed by atoms with E-state index in [4.69, 9.17) is 4.98 Å². The van der Waals surface area contributed by atoms with Crippen molar-refractivity contribution in [3.63, 3.8) is 0 Å². The highest BCUT2D eigenvalue weighted by atomic mass is 16.3. The second kappa shape index (κ2) is 8.80. The minimum absolute atomic E-state index is 0.226. The normalized spacial score (nSPS) is 19.6. The fraction of sp³-hybridized carbons (Fsp3) is 0.455. The van der Waals surface area contributed by atoms with Crippen molar-refractivity contribution < 1.29 is 5.11 Å². The maximum atomic E-state index is 10.2. The molecular weight excluding hydrogens is 364 g/mol. The number of nitrogens with zero attached hydrogens (tertiary/aromatic N) is 3. The average molecular weight is 395 g/mol. The molecule has 0 bridgehead atoms. The van der Waals surface area contributed by atoms with Crippen LogP contribution < -0.4 is 16.0 Å². The maximum Gasteiger partial charge on any atom is 0.163 e. The van der Waals surface area contributed by atoms with E-state index in [1.165, 1.54) is 5.56 Å². The molecule has 3 heterocycles. The van der Waals surface area contributed by atoms with E-state index in [9.17, 15) is 5.11 Å². The molecule has 1 aliphatic rings.